The fraction of sp³-hybridized carbons (Fsp3) is 0.208. The van der Waals surface area contributed by atoms with Crippen molar-refractivity contribution in [3.63, 3.8) is 0 Å². The molecular formula is C24H23Cl2N5O. The molecule has 0 bridgehead atoms. The Kier molecular flexibility index (Phi) is 6.74. The van der Waals surface area contributed by atoms with Crippen molar-refractivity contribution < 1.29 is 4.74 Å². The van der Waals surface area contributed by atoms with E-state index in [0.717, 1.165) is 16.7 Å². The van der Waals surface area contributed by atoms with Gasteiger partial charge in [-0.2, -0.15) is 0 Å². The third kappa shape index (κ3) is 4.35. The number of benzene rings is 3. The van der Waals surface area contributed by atoms with E-state index in [-0.39, 0.29) is 12.1 Å². The molecule has 32 heavy (non-hydrogen) atoms. The molecule has 0 aliphatic rings. The van der Waals surface area contributed by atoms with Crippen LogP contribution in [0, 0.1) is 0 Å². The van der Waals surface area contributed by atoms with Crippen molar-refractivity contribution in [2.24, 2.45) is 0 Å². The molecular weight excluding hydrogens is 445 g/mol. The Labute approximate surface area is 197 Å². The van der Waals surface area contributed by atoms with Crippen molar-refractivity contribution in [2.45, 2.75) is 12.1 Å². The molecule has 1 atom stereocenters. The van der Waals surface area contributed by atoms with Crippen LogP contribution in [0.1, 0.15) is 34.6 Å². The standard InChI is InChI=1S/C24H23Cl2N5O/c1-30(2)22(19-14-18(25)15-20(26)23(19)32-3)24-27-28-29-31(24)21(16-10-6-4-7-11-16)17-12-8-5-9-13-17/h4-15,21-22H,1-3H3. The zero-order valence-corrected chi connectivity index (χ0v) is 19.5. The molecule has 0 saturated heterocycles. The van der Waals surface area contributed by atoms with Gasteiger partial charge in [0.15, 0.2) is 5.82 Å². The number of methoxy groups -OCH3 is 1. The third-order valence-electron chi connectivity index (χ3n) is 5.29. The summed E-state index contributed by atoms with van der Waals surface area (Å²) in [6.45, 7) is 0. The maximum absolute atomic E-state index is 6.45. The second-order valence-corrected chi connectivity index (χ2v) is 8.43. The zero-order chi connectivity index (χ0) is 22.7. The van der Waals surface area contributed by atoms with E-state index in [9.17, 15) is 0 Å². The summed E-state index contributed by atoms with van der Waals surface area (Å²) in [5, 5.41) is 13.9. The maximum Gasteiger partial charge on any atom is 0.174 e. The van der Waals surface area contributed by atoms with E-state index in [2.05, 4.69) is 39.8 Å². The summed E-state index contributed by atoms with van der Waals surface area (Å²) >= 11 is 12.8. The van der Waals surface area contributed by atoms with Gasteiger partial charge in [0.2, 0.25) is 0 Å². The molecule has 0 spiro atoms. The number of hydrogen-bond donors (Lipinski definition) is 0. The Hall–Kier alpha value is -2.93. The molecule has 0 aliphatic carbocycles. The van der Waals surface area contributed by atoms with E-state index in [1.54, 1.807) is 13.2 Å². The minimum atomic E-state index is -0.355. The number of hydrogen-bond acceptors (Lipinski definition) is 5. The Morgan fingerprint density at radius 1 is 0.906 bits per heavy atom. The minimum absolute atomic E-state index is 0.217. The molecule has 0 amide bonds. The Morgan fingerprint density at radius 2 is 1.50 bits per heavy atom. The summed E-state index contributed by atoms with van der Waals surface area (Å²) < 4.78 is 7.49. The lowest BCUT2D eigenvalue weighted by Gasteiger charge is -2.28. The average molecular weight is 468 g/mol. The highest BCUT2D eigenvalue weighted by atomic mass is 35.5. The SMILES string of the molecule is COc1c(Cl)cc(Cl)cc1C(c1nnnn1C(c1ccccc1)c1ccccc1)N(C)C. The van der Waals surface area contributed by atoms with Crippen molar-refractivity contribution in [2.75, 3.05) is 21.2 Å². The van der Waals surface area contributed by atoms with Gasteiger partial charge in [-0.1, -0.05) is 83.9 Å². The lowest BCUT2D eigenvalue weighted by Crippen LogP contribution is -2.27. The first-order valence-corrected chi connectivity index (χ1v) is 10.8. The first-order valence-electron chi connectivity index (χ1n) is 10.1. The predicted molar refractivity (Wildman–Crippen MR) is 126 cm³/mol. The second kappa shape index (κ2) is 9.69. The van der Waals surface area contributed by atoms with Crippen LogP contribution >= 0.6 is 23.2 Å². The van der Waals surface area contributed by atoms with Crippen LogP contribution in [0.15, 0.2) is 72.8 Å². The zero-order valence-electron chi connectivity index (χ0n) is 18.0. The van der Waals surface area contributed by atoms with Crippen LogP contribution in [-0.2, 0) is 0 Å². The van der Waals surface area contributed by atoms with E-state index in [0.29, 0.717) is 21.6 Å². The number of tetrazole rings is 1. The molecule has 1 heterocycles. The normalized spacial score (nSPS) is 12.3. The minimum Gasteiger partial charge on any atom is -0.495 e. The molecule has 3 aromatic carbocycles. The Morgan fingerprint density at radius 3 is 2.03 bits per heavy atom. The highest BCUT2D eigenvalue weighted by Gasteiger charge is 2.31. The fourth-order valence-electron chi connectivity index (χ4n) is 3.96. The molecule has 0 N–H and O–H groups in total. The summed E-state index contributed by atoms with van der Waals surface area (Å²) in [5.74, 6) is 1.18. The summed E-state index contributed by atoms with van der Waals surface area (Å²) in [5.41, 5.74) is 2.92. The fourth-order valence-corrected chi connectivity index (χ4v) is 4.54. The Bertz CT molecular complexity index is 1140. The summed E-state index contributed by atoms with van der Waals surface area (Å²) in [6.07, 6.45) is 0. The van der Waals surface area contributed by atoms with Gasteiger partial charge in [0, 0.05) is 10.6 Å². The van der Waals surface area contributed by atoms with Crippen molar-refractivity contribution >= 4 is 23.2 Å². The van der Waals surface area contributed by atoms with Crippen LogP contribution in [0.2, 0.25) is 10.0 Å². The van der Waals surface area contributed by atoms with Crippen LogP contribution < -0.4 is 4.74 Å². The predicted octanol–water partition coefficient (Wildman–Crippen LogP) is 5.28. The number of rotatable bonds is 7. The number of aromatic nitrogens is 4. The molecule has 1 aromatic heterocycles. The van der Waals surface area contributed by atoms with E-state index >= 15 is 0 Å². The molecule has 6 nitrogen and oxygen atoms in total. The summed E-state index contributed by atoms with van der Waals surface area (Å²) in [7, 11) is 5.50. The van der Waals surface area contributed by atoms with Gasteiger partial charge in [-0.05, 0) is 47.8 Å². The van der Waals surface area contributed by atoms with Gasteiger partial charge < -0.3 is 4.74 Å². The molecule has 1 unspecified atom stereocenters. The van der Waals surface area contributed by atoms with Gasteiger partial charge in [-0.25, -0.2) is 4.68 Å². The van der Waals surface area contributed by atoms with Gasteiger partial charge >= 0.3 is 0 Å². The van der Waals surface area contributed by atoms with E-state index < -0.39 is 0 Å². The first-order chi connectivity index (χ1) is 15.5. The quantitative estimate of drug-likeness (QED) is 0.370. The van der Waals surface area contributed by atoms with Gasteiger partial charge in [0.25, 0.3) is 0 Å². The van der Waals surface area contributed by atoms with Crippen LogP contribution in [0.5, 0.6) is 5.75 Å². The summed E-state index contributed by atoms with van der Waals surface area (Å²) in [6, 6.07) is 23.3. The van der Waals surface area contributed by atoms with Gasteiger partial charge in [-0.3, -0.25) is 4.90 Å². The Balaban J connectivity index is 1.92. The molecule has 0 aliphatic heterocycles. The lowest BCUT2D eigenvalue weighted by molar-refractivity contribution is 0.304. The number of nitrogens with zero attached hydrogens (tertiary/aromatic N) is 5. The number of ether oxygens (including phenoxy) is 1. The molecule has 0 fully saturated rings. The largest absolute Gasteiger partial charge is 0.495 e. The van der Waals surface area contributed by atoms with Gasteiger partial charge in [0.05, 0.1) is 12.1 Å². The van der Waals surface area contributed by atoms with Crippen molar-refractivity contribution in [1.29, 1.82) is 0 Å². The first kappa shape index (κ1) is 22.3. The highest BCUT2D eigenvalue weighted by molar-refractivity contribution is 6.35. The topological polar surface area (TPSA) is 56.1 Å². The average Bonchev–Trinajstić information content (AvgIpc) is 3.24. The molecule has 4 aromatic rings. The summed E-state index contributed by atoms with van der Waals surface area (Å²) in [4.78, 5) is 2.01. The van der Waals surface area contributed by atoms with Crippen molar-refractivity contribution in [1.82, 2.24) is 25.1 Å². The highest BCUT2D eigenvalue weighted by Crippen LogP contribution is 2.40. The van der Waals surface area contributed by atoms with E-state index in [4.69, 9.17) is 27.9 Å². The maximum atomic E-state index is 6.45. The molecule has 0 radical (unpaired) electrons. The smallest absolute Gasteiger partial charge is 0.174 e. The molecule has 0 saturated carbocycles. The van der Waals surface area contributed by atoms with Crippen molar-refractivity contribution in [3.05, 3.63) is 105 Å². The van der Waals surface area contributed by atoms with Crippen LogP contribution in [-0.4, -0.2) is 46.3 Å². The van der Waals surface area contributed by atoms with Crippen LogP contribution in [0.4, 0.5) is 0 Å². The van der Waals surface area contributed by atoms with Crippen LogP contribution in [0.25, 0.3) is 0 Å². The van der Waals surface area contributed by atoms with Gasteiger partial charge in [-0.15, -0.1) is 5.10 Å². The molecule has 4 rings (SSSR count). The third-order valence-corrected chi connectivity index (χ3v) is 5.79. The molecule has 8 heteroatoms. The monoisotopic (exact) mass is 467 g/mol. The van der Waals surface area contributed by atoms with Crippen molar-refractivity contribution in [3.8, 4) is 5.75 Å². The van der Waals surface area contributed by atoms with E-state index in [1.165, 1.54) is 0 Å². The number of halogens is 2. The molecule has 164 valence electrons. The van der Waals surface area contributed by atoms with Gasteiger partial charge in [0.1, 0.15) is 17.8 Å². The van der Waals surface area contributed by atoms with E-state index in [1.807, 2.05) is 66.1 Å². The van der Waals surface area contributed by atoms with Crippen LogP contribution in [0.3, 0.4) is 0 Å². The second-order valence-electron chi connectivity index (χ2n) is 7.58. The lowest BCUT2D eigenvalue weighted by atomic mass is 9.97.